The highest BCUT2D eigenvalue weighted by molar-refractivity contribution is 8.01. The Morgan fingerprint density at radius 1 is 1.20 bits per heavy atom. The highest BCUT2D eigenvalue weighted by Gasteiger charge is 2.30. The fourth-order valence-electron chi connectivity index (χ4n) is 2.53. The molecular weight excluding hydrogens is 439 g/mol. The van der Waals surface area contributed by atoms with Gasteiger partial charge in [0.05, 0.1) is 29.7 Å². The van der Waals surface area contributed by atoms with Crippen LogP contribution in [-0.2, 0) is 10.9 Å². The van der Waals surface area contributed by atoms with Crippen LogP contribution in [0.25, 0.3) is 16.4 Å². The zero-order valence-electron chi connectivity index (χ0n) is 16.5. The number of benzene rings is 1. The molecule has 0 fully saturated rings. The molecule has 2 heterocycles. The van der Waals surface area contributed by atoms with Crippen molar-refractivity contribution in [1.82, 2.24) is 14.8 Å². The molecule has 0 amide bonds. The van der Waals surface area contributed by atoms with E-state index in [4.69, 9.17) is 9.47 Å². The van der Waals surface area contributed by atoms with E-state index in [1.807, 2.05) is 13.8 Å². The minimum atomic E-state index is -4.41. The number of alkyl halides is 3. The molecule has 0 N–H and O–H groups in total. The van der Waals surface area contributed by atoms with E-state index in [2.05, 4.69) is 10.1 Å². The predicted octanol–water partition coefficient (Wildman–Crippen LogP) is 5.31. The lowest BCUT2D eigenvalue weighted by Crippen LogP contribution is -2.10. The Labute approximate surface area is 179 Å². The zero-order valence-corrected chi connectivity index (χ0v) is 18.1. The Bertz CT molecular complexity index is 1040. The van der Waals surface area contributed by atoms with E-state index < -0.39 is 17.7 Å². The third-order valence-electron chi connectivity index (χ3n) is 3.88. The third-order valence-corrected chi connectivity index (χ3v) is 6.13. The van der Waals surface area contributed by atoms with Crippen LogP contribution in [0.5, 0.6) is 5.88 Å². The number of hydrogen-bond acceptors (Lipinski definition) is 7. The van der Waals surface area contributed by atoms with Crippen molar-refractivity contribution >= 4 is 29.1 Å². The molecule has 0 atom stereocenters. The standard InChI is InChI=1S/C19H18F3N3O3S2/c1-10(2)29-17-15(11-5-7-12(8-6-11)19(20,21)22)23-18(30-17)25-13(16(26)28-4)9-14(24-25)27-3/h5-10H,1-4H3. The van der Waals surface area contributed by atoms with Crippen LogP contribution < -0.4 is 4.74 Å². The Morgan fingerprint density at radius 3 is 2.40 bits per heavy atom. The Morgan fingerprint density at radius 2 is 1.87 bits per heavy atom. The van der Waals surface area contributed by atoms with Gasteiger partial charge in [-0.3, -0.25) is 0 Å². The molecule has 0 bridgehead atoms. The summed E-state index contributed by atoms with van der Waals surface area (Å²) >= 11 is 2.80. The summed E-state index contributed by atoms with van der Waals surface area (Å²) in [4.78, 5) is 16.7. The number of halogens is 3. The molecule has 0 spiro atoms. The second kappa shape index (κ2) is 8.68. The van der Waals surface area contributed by atoms with Crippen molar-refractivity contribution in [1.29, 1.82) is 0 Å². The number of esters is 1. The molecule has 0 aliphatic heterocycles. The Balaban J connectivity index is 2.11. The first kappa shape index (κ1) is 22.2. The molecule has 0 saturated carbocycles. The van der Waals surface area contributed by atoms with E-state index in [1.165, 1.54) is 60.2 Å². The second-order valence-electron chi connectivity index (χ2n) is 6.35. The van der Waals surface area contributed by atoms with Gasteiger partial charge in [0.2, 0.25) is 11.0 Å². The number of thiazole rings is 1. The molecule has 6 nitrogen and oxygen atoms in total. The summed E-state index contributed by atoms with van der Waals surface area (Å²) in [5, 5.41) is 4.80. The molecule has 2 aromatic heterocycles. The van der Waals surface area contributed by atoms with Crippen LogP contribution in [-0.4, -0.2) is 40.2 Å². The average Bonchev–Trinajstić information content (AvgIpc) is 3.30. The van der Waals surface area contributed by atoms with E-state index in [0.29, 0.717) is 16.4 Å². The van der Waals surface area contributed by atoms with Crippen LogP contribution in [0.3, 0.4) is 0 Å². The molecule has 3 aromatic rings. The van der Waals surface area contributed by atoms with Crippen LogP contribution >= 0.6 is 23.1 Å². The SMILES string of the molecule is COC(=O)c1cc(OC)nn1-c1nc(-c2ccc(C(F)(F)F)cc2)c(SC(C)C)s1. The van der Waals surface area contributed by atoms with Crippen LogP contribution in [0.4, 0.5) is 13.2 Å². The van der Waals surface area contributed by atoms with E-state index >= 15 is 0 Å². The van der Waals surface area contributed by atoms with Gasteiger partial charge < -0.3 is 9.47 Å². The van der Waals surface area contributed by atoms with E-state index in [9.17, 15) is 18.0 Å². The molecule has 1 aromatic carbocycles. The molecule has 3 rings (SSSR count). The maximum absolute atomic E-state index is 12.9. The van der Waals surface area contributed by atoms with E-state index in [1.54, 1.807) is 0 Å². The number of rotatable bonds is 6. The molecule has 0 aliphatic rings. The van der Waals surface area contributed by atoms with Crippen molar-refractivity contribution in [2.45, 2.75) is 29.5 Å². The topological polar surface area (TPSA) is 66.2 Å². The first-order chi connectivity index (χ1) is 14.1. The van der Waals surface area contributed by atoms with Gasteiger partial charge >= 0.3 is 12.1 Å². The van der Waals surface area contributed by atoms with Gasteiger partial charge in [-0.2, -0.15) is 17.9 Å². The number of thioether (sulfide) groups is 1. The number of carbonyl (C=O) groups is 1. The molecular formula is C19H18F3N3O3S2. The number of aromatic nitrogens is 3. The van der Waals surface area contributed by atoms with Crippen LogP contribution in [0.1, 0.15) is 29.9 Å². The molecule has 11 heteroatoms. The monoisotopic (exact) mass is 457 g/mol. The third kappa shape index (κ3) is 4.62. The summed E-state index contributed by atoms with van der Waals surface area (Å²) in [5.41, 5.74) is 0.452. The lowest BCUT2D eigenvalue weighted by Gasteiger charge is -2.08. The lowest BCUT2D eigenvalue weighted by atomic mass is 10.1. The van der Waals surface area contributed by atoms with Crippen molar-refractivity contribution < 1.29 is 27.4 Å². The average molecular weight is 457 g/mol. The normalized spacial score (nSPS) is 11.7. The fraction of sp³-hybridized carbons (Fsp3) is 0.316. The summed E-state index contributed by atoms with van der Waals surface area (Å²) in [7, 11) is 2.67. The Hall–Kier alpha value is -2.53. The van der Waals surface area contributed by atoms with Gasteiger partial charge in [-0.1, -0.05) is 37.3 Å². The summed E-state index contributed by atoms with van der Waals surface area (Å²) in [6.07, 6.45) is -4.41. The number of methoxy groups -OCH3 is 2. The van der Waals surface area contributed by atoms with Crippen molar-refractivity contribution in [3.63, 3.8) is 0 Å². The number of nitrogens with zero attached hydrogens (tertiary/aromatic N) is 3. The molecule has 0 aliphatic carbocycles. The zero-order chi connectivity index (χ0) is 22.1. The molecule has 0 radical (unpaired) electrons. The van der Waals surface area contributed by atoms with Gasteiger partial charge in [-0.05, 0) is 12.1 Å². The minimum Gasteiger partial charge on any atom is -0.480 e. The first-order valence-electron chi connectivity index (χ1n) is 8.72. The van der Waals surface area contributed by atoms with Gasteiger partial charge in [0.15, 0.2) is 5.69 Å². The molecule has 0 saturated heterocycles. The van der Waals surface area contributed by atoms with Crippen molar-refractivity contribution in [2.24, 2.45) is 0 Å². The van der Waals surface area contributed by atoms with Gasteiger partial charge in [0, 0.05) is 16.9 Å². The minimum absolute atomic E-state index is 0.128. The summed E-state index contributed by atoms with van der Waals surface area (Å²) < 4.78 is 50.7. The smallest absolute Gasteiger partial charge is 0.416 e. The number of hydrogen-bond donors (Lipinski definition) is 0. The summed E-state index contributed by atoms with van der Waals surface area (Å²) in [6, 6.07) is 6.25. The van der Waals surface area contributed by atoms with Crippen molar-refractivity contribution in [2.75, 3.05) is 14.2 Å². The van der Waals surface area contributed by atoms with Gasteiger partial charge in [0.1, 0.15) is 0 Å². The first-order valence-corrected chi connectivity index (χ1v) is 10.4. The molecule has 30 heavy (non-hydrogen) atoms. The van der Waals surface area contributed by atoms with Gasteiger partial charge in [-0.15, -0.1) is 16.9 Å². The highest BCUT2D eigenvalue weighted by Crippen LogP contribution is 2.40. The highest BCUT2D eigenvalue weighted by atomic mass is 32.2. The lowest BCUT2D eigenvalue weighted by molar-refractivity contribution is -0.137. The molecule has 160 valence electrons. The molecule has 0 unspecified atom stereocenters. The quantitative estimate of drug-likeness (QED) is 0.369. The summed E-state index contributed by atoms with van der Waals surface area (Å²) in [6.45, 7) is 3.99. The predicted molar refractivity (Wildman–Crippen MR) is 109 cm³/mol. The second-order valence-corrected chi connectivity index (χ2v) is 9.17. The van der Waals surface area contributed by atoms with Crippen molar-refractivity contribution in [3.05, 3.63) is 41.6 Å². The van der Waals surface area contributed by atoms with Gasteiger partial charge in [0.25, 0.3) is 0 Å². The summed E-state index contributed by atoms with van der Waals surface area (Å²) in [5.74, 6) is -0.408. The van der Waals surface area contributed by atoms with E-state index in [0.717, 1.165) is 16.3 Å². The van der Waals surface area contributed by atoms with Crippen LogP contribution in [0.15, 0.2) is 34.5 Å². The number of ether oxygens (including phenoxy) is 2. The Kier molecular flexibility index (Phi) is 6.41. The van der Waals surface area contributed by atoms with Crippen molar-refractivity contribution in [3.8, 4) is 22.3 Å². The maximum atomic E-state index is 12.9. The maximum Gasteiger partial charge on any atom is 0.416 e. The van der Waals surface area contributed by atoms with Crippen LogP contribution in [0.2, 0.25) is 0 Å². The largest absolute Gasteiger partial charge is 0.480 e. The number of carbonyl (C=O) groups excluding carboxylic acids is 1. The van der Waals surface area contributed by atoms with Gasteiger partial charge in [-0.25, -0.2) is 9.78 Å². The van der Waals surface area contributed by atoms with E-state index in [-0.39, 0.29) is 16.8 Å². The van der Waals surface area contributed by atoms with Crippen LogP contribution in [0, 0.1) is 0 Å². The fourth-order valence-corrected chi connectivity index (χ4v) is 5.02.